The summed E-state index contributed by atoms with van der Waals surface area (Å²) in [6.07, 6.45) is 1.64. The number of benzene rings is 2. The van der Waals surface area contributed by atoms with E-state index in [0.717, 1.165) is 23.1 Å². The third kappa shape index (κ3) is 3.67. The van der Waals surface area contributed by atoms with Gasteiger partial charge in [-0.2, -0.15) is 4.68 Å². The van der Waals surface area contributed by atoms with Crippen molar-refractivity contribution in [1.82, 2.24) is 14.8 Å². The van der Waals surface area contributed by atoms with Gasteiger partial charge in [-0.05, 0) is 43.0 Å². The number of para-hydroxylation sites is 1. The molecule has 0 aliphatic heterocycles. The number of nitrogens with zero attached hydrogens (tertiary/aromatic N) is 3. The number of rotatable bonds is 5. The van der Waals surface area contributed by atoms with Crippen LogP contribution in [0.2, 0.25) is 0 Å². The smallest absolute Gasteiger partial charge is 0.311 e. The van der Waals surface area contributed by atoms with Gasteiger partial charge in [-0.3, -0.25) is 19.7 Å². The maximum Gasteiger partial charge on any atom is 0.311 e. The summed E-state index contributed by atoms with van der Waals surface area (Å²) < 4.78 is 7.23. The number of carbonyl (C=O) groups is 1. The molecule has 32 heavy (non-hydrogen) atoms. The van der Waals surface area contributed by atoms with Crippen molar-refractivity contribution >= 4 is 33.2 Å². The standard InChI is InChI=1S/C24H22N4O3S/c1-14(25-17-11-15-7-3-4-8-16(15)12-17)22-19(13-21(29)31-2)27-28(23(22)30)24-26-18-9-5-6-10-20(18)32-24/h3-10,17,27H,11-13H2,1-2H3. The van der Waals surface area contributed by atoms with Gasteiger partial charge in [-0.25, -0.2) is 4.98 Å². The lowest BCUT2D eigenvalue weighted by molar-refractivity contribution is -0.139. The van der Waals surface area contributed by atoms with Gasteiger partial charge in [0.25, 0.3) is 5.56 Å². The quantitative estimate of drug-likeness (QED) is 0.376. The summed E-state index contributed by atoms with van der Waals surface area (Å²) in [4.78, 5) is 34.9. The molecule has 0 spiro atoms. The Kier molecular flexibility index (Phi) is 5.22. The highest BCUT2D eigenvalue weighted by Crippen LogP contribution is 2.26. The zero-order valence-electron chi connectivity index (χ0n) is 17.8. The summed E-state index contributed by atoms with van der Waals surface area (Å²) in [5, 5.41) is 3.61. The Morgan fingerprint density at radius 2 is 1.88 bits per heavy atom. The summed E-state index contributed by atoms with van der Waals surface area (Å²) >= 11 is 1.41. The summed E-state index contributed by atoms with van der Waals surface area (Å²) in [6.45, 7) is 1.83. The number of hydrogen-bond donors (Lipinski definition) is 1. The molecule has 0 atom stereocenters. The molecule has 4 aromatic rings. The first kappa shape index (κ1) is 20.4. The fraction of sp³-hybridized carbons (Fsp3) is 0.250. The molecule has 7 nitrogen and oxygen atoms in total. The fourth-order valence-corrected chi connectivity index (χ4v) is 5.18. The van der Waals surface area contributed by atoms with Gasteiger partial charge in [0.15, 0.2) is 0 Å². The summed E-state index contributed by atoms with van der Waals surface area (Å²) in [5.74, 6) is -0.426. The van der Waals surface area contributed by atoms with Crippen molar-refractivity contribution in [3.63, 3.8) is 0 Å². The number of fused-ring (bicyclic) bond motifs is 2. The highest BCUT2D eigenvalue weighted by atomic mass is 32.1. The molecule has 162 valence electrons. The lowest BCUT2D eigenvalue weighted by Crippen LogP contribution is -2.21. The minimum absolute atomic E-state index is 0.0449. The van der Waals surface area contributed by atoms with Crippen LogP contribution in [0.5, 0.6) is 0 Å². The Labute approximate surface area is 188 Å². The van der Waals surface area contributed by atoms with Crippen LogP contribution in [0.25, 0.3) is 15.3 Å². The van der Waals surface area contributed by atoms with Crippen LogP contribution in [-0.2, 0) is 28.8 Å². The van der Waals surface area contributed by atoms with E-state index in [0.29, 0.717) is 22.1 Å². The monoisotopic (exact) mass is 446 g/mol. The fourth-order valence-electron chi connectivity index (χ4n) is 4.26. The van der Waals surface area contributed by atoms with Crippen LogP contribution < -0.4 is 5.56 Å². The van der Waals surface area contributed by atoms with Crippen molar-refractivity contribution in [2.24, 2.45) is 4.99 Å². The van der Waals surface area contributed by atoms with E-state index in [1.54, 1.807) is 0 Å². The van der Waals surface area contributed by atoms with Crippen molar-refractivity contribution in [1.29, 1.82) is 0 Å². The van der Waals surface area contributed by atoms with Gasteiger partial charge in [0, 0.05) is 5.71 Å². The van der Waals surface area contributed by atoms with E-state index in [1.807, 2.05) is 43.3 Å². The van der Waals surface area contributed by atoms with E-state index in [4.69, 9.17) is 9.73 Å². The van der Waals surface area contributed by atoms with Crippen LogP contribution in [0.4, 0.5) is 0 Å². The molecule has 1 N–H and O–H groups in total. The normalized spacial score (nSPS) is 14.1. The first-order valence-corrected chi connectivity index (χ1v) is 11.2. The lowest BCUT2D eigenvalue weighted by atomic mass is 10.1. The molecule has 8 heteroatoms. The Bertz CT molecular complexity index is 1350. The average molecular weight is 447 g/mol. The molecule has 1 aliphatic carbocycles. The van der Waals surface area contributed by atoms with Gasteiger partial charge in [0.05, 0.1) is 41.0 Å². The Morgan fingerprint density at radius 1 is 1.19 bits per heavy atom. The molecule has 2 aromatic carbocycles. The number of aliphatic imine (C=N–C) groups is 1. The highest BCUT2D eigenvalue weighted by Gasteiger charge is 2.25. The van der Waals surface area contributed by atoms with Crippen LogP contribution in [0, 0.1) is 0 Å². The third-order valence-electron chi connectivity index (χ3n) is 5.76. The van der Waals surface area contributed by atoms with E-state index in [2.05, 4.69) is 22.2 Å². The molecule has 0 saturated heterocycles. The molecule has 2 aromatic heterocycles. The number of ether oxygens (including phenoxy) is 1. The van der Waals surface area contributed by atoms with Crippen LogP contribution in [-0.4, -0.2) is 39.6 Å². The molecule has 5 rings (SSSR count). The second-order valence-corrected chi connectivity index (χ2v) is 8.88. The largest absolute Gasteiger partial charge is 0.469 e. The summed E-state index contributed by atoms with van der Waals surface area (Å²) in [7, 11) is 1.33. The third-order valence-corrected chi connectivity index (χ3v) is 6.78. The van der Waals surface area contributed by atoms with E-state index in [9.17, 15) is 9.59 Å². The molecular formula is C24H22N4O3S. The highest BCUT2D eigenvalue weighted by molar-refractivity contribution is 7.20. The number of aromatic amines is 1. The minimum atomic E-state index is -0.426. The van der Waals surface area contributed by atoms with Gasteiger partial charge in [0.1, 0.15) is 0 Å². The molecule has 0 radical (unpaired) electrons. The van der Waals surface area contributed by atoms with Crippen molar-refractivity contribution in [2.75, 3.05) is 7.11 Å². The molecule has 0 saturated carbocycles. The van der Waals surface area contributed by atoms with Crippen LogP contribution in [0.1, 0.15) is 29.3 Å². The Morgan fingerprint density at radius 3 is 2.56 bits per heavy atom. The zero-order chi connectivity index (χ0) is 22.2. The Hall–Kier alpha value is -3.52. The van der Waals surface area contributed by atoms with Gasteiger partial charge in [0.2, 0.25) is 5.13 Å². The first-order valence-electron chi connectivity index (χ1n) is 10.4. The second-order valence-electron chi connectivity index (χ2n) is 7.87. The number of thiazole rings is 1. The topological polar surface area (TPSA) is 89.3 Å². The molecule has 0 bridgehead atoms. The van der Waals surface area contributed by atoms with E-state index < -0.39 is 5.97 Å². The maximum atomic E-state index is 13.4. The molecule has 0 amide bonds. The molecule has 1 aliphatic rings. The van der Waals surface area contributed by atoms with Crippen molar-refractivity contribution < 1.29 is 9.53 Å². The van der Waals surface area contributed by atoms with Crippen molar-refractivity contribution in [3.8, 4) is 5.13 Å². The van der Waals surface area contributed by atoms with Crippen LogP contribution in [0.3, 0.4) is 0 Å². The number of nitrogens with one attached hydrogen (secondary N) is 1. The number of hydrogen-bond acceptors (Lipinski definition) is 6. The van der Waals surface area contributed by atoms with Crippen LogP contribution >= 0.6 is 11.3 Å². The summed E-state index contributed by atoms with van der Waals surface area (Å²) in [6, 6.07) is 16.1. The van der Waals surface area contributed by atoms with Crippen LogP contribution in [0.15, 0.2) is 58.3 Å². The molecule has 2 heterocycles. The predicted molar refractivity (Wildman–Crippen MR) is 125 cm³/mol. The number of H-pyrrole nitrogens is 1. The van der Waals surface area contributed by atoms with E-state index in [1.165, 1.54) is 34.3 Å². The second kappa shape index (κ2) is 8.20. The van der Waals surface area contributed by atoms with E-state index in [-0.39, 0.29) is 18.0 Å². The predicted octanol–water partition coefficient (Wildman–Crippen LogP) is 3.47. The zero-order valence-corrected chi connectivity index (χ0v) is 18.6. The number of aromatic nitrogens is 3. The molecular weight excluding hydrogens is 424 g/mol. The average Bonchev–Trinajstić information content (AvgIpc) is 3.47. The number of carbonyl (C=O) groups excluding carboxylic acids is 1. The first-order chi connectivity index (χ1) is 15.5. The van der Waals surface area contributed by atoms with Gasteiger partial charge >= 0.3 is 5.97 Å². The van der Waals surface area contributed by atoms with Gasteiger partial charge in [-0.1, -0.05) is 47.7 Å². The number of esters is 1. The van der Waals surface area contributed by atoms with Gasteiger partial charge in [-0.15, -0.1) is 0 Å². The van der Waals surface area contributed by atoms with E-state index >= 15 is 0 Å². The number of methoxy groups -OCH3 is 1. The molecule has 0 unspecified atom stereocenters. The molecule has 0 fully saturated rings. The van der Waals surface area contributed by atoms with Crippen molar-refractivity contribution in [2.45, 2.75) is 32.2 Å². The minimum Gasteiger partial charge on any atom is -0.469 e. The summed E-state index contributed by atoms with van der Waals surface area (Å²) in [5.41, 5.74) is 4.65. The Balaban J connectivity index is 1.56. The van der Waals surface area contributed by atoms with Crippen molar-refractivity contribution in [3.05, 3.63) is 81.3 Å². The lowest BCUT2D eigenvalue weighted by Gasteiger charge is -2.06. The maximum absolute atomic E-state index is 13.4. The SMILES string of the molecule is COC(=O)Cc1[nH]n(-c2nc3ccccc3s2)c(=O)c1C(C)=NC1Cc2ccccc2C1. The van der Waals surface area contributed by atoms with Gasteiger partial charge < -0.3 is 4.74 Å².